The molecule has 1 amide bonds. The molecule has 3 aromatic heterocycles. The summed E-state index contributed by atoms with van der Waals surface area (Å²) in [5, 5.41) is 4.19. The van der Waals surface area contributed by atoms with E-state index in [4.69, 9.17) is 0 Å². The molecule has 0 saturated carbocycles. The first kappa shape index (κ1) is 19.1. The van der Waals surface area contributed by atoms with Gasteiger partial charge in [-0.1, -0.05) is 12.1 Å². The molecule has 0 aliphatic carbocycles. The lowest BCUT2D eigenvalue weighted by Gasteiger charge is -2.28. The highest BCUT2D eigenvalue weighted by Crippen LogP contribution is 2.28. The molecule has 4 aromatic rings. The number of halogens is 1. The molecule has 154 valence electrons. The van der Waals surface area contributed by atoms with E-state index in [1.54, 1.807) is 10.9 Å². The van der Waals surface area contributed by atoms with Crippen LogP contribution in [0.2, 0.25) is 0 Å². The molecule has 0 unspecified atom stereocenters. The Kier molecular flexibility index (Phi) is 4.78. The van der Waals surface area contributed by atoms with Crippen LogP contribution in [0.15, 0.2) is 67.3 Å². The summed E-state index contributed by atoms with van der Waals surface area (Å²) in [5.74, 6) is 0.125. The SMILES string of the molecule is Cc1cc2c(cc1Cc1ccc(-n3cccn3)nc1)C(=O)N(c1ncccc1F)CC2. The average Bonchev–Trinajstić information content (AvgIpc) is 3.31. The van der Waals surface area contributed by atoms with Crippen LogP contribution >= 0.6 is 0 Å². The molecular weight excluding hydrogens is 393 g/mol. The minimum Gasteiger partial charge on any atom is -0.290 e. The van der Waals surface area contributed by atoms with Crippen molar-refractivity contribution >= 4 is 11.7 Å². The van der Waals surface area contributed by atoms with Crippen molar-refractivity contribution in [1.82, 2.24) is 19.7 Å². The predicted molar refractivity (Wildman–Crippen MR) is 115 cm³/mol. The highest BCUT2D eigenvalue weighted by molar-refractivity contribution is 6.08. The molecule has 1 aliphatic rings. The van der Waals surface area contributed by atoms with Gasteiger partial charge >= 0.3 is 0 Å². The Morgan fingerprint density at radius 2 is 2.00 bits per heavy atom. The lowest BCUT2D eigenvalue weighted by molar-refractivity contribution is 0.0978. The third-order valence-corrected chi connectivity index (χ3v) is 5.58. The molecule has 1 aliphatic heterocycles. The highest BCUT2D eigenvalue weighted by Gasteiger charge is 2.28. The Balaban J connectivity index is 1.43. The number of fused-ring (bicyclic) bond motifs is 1. The summed E-state index contributed by atoms with van der Waals surface area (Å²) in [4.78, 5) is 23.1. The van der Waals surface area contributed by atoms with Crippen LogP contribution in [0.25, 0.3) is 5.82 Å². The van der Waals surface area contributed by atoms with Crippen molar-refractivity contribution in [2.75, 3.05) is 11.4 Å². The van der Waals surface area contributed by atoms with Gasteiger partial charge < -0.3 is 0 Å². The maximum absolute atomic E-state index is 14.2. The lowest BCUT2D eigenvalue weighted by atomic mass is 9.91. The number of aryl methyl sites for hydroxylation is 1. The van der Waals surface area contributed by atoms with Gasteiger partial charge in [0, 0.05) is 36.9 Å². The molecule has 6 nitrogen and oxygen atoms in total. The van der Waals surface area contributed by atoms with E-state index in [1.807, 2.05) is 36.7 Å². The number of nitrogens with zero attached hydrogens (tertiary/aromatic N) is 5. The molecule has 0 atom stereocenters. The quantitative estimate of drug-likeness (QED) is 0.509. The zero-order valence-electron chi connectivity index (χ0n) is 17.0. The van der Waals surface area contributed by atoms with Crippen LogP contribution < -0.4 is 4.90 Å². The van der Waals surface area contributed by atoms with E-state index in [1.165, 1.54) is 23.2 Å². The van der Waals surface area contributed by atoms with E-state index in [9.17, 15) is 9.18 Å². The van der Waals surface area contributed by atoms with Crippen molar-refractivity contribution in [2.24, 2.45) is 0 Å². The van der Waals surface area contributed by atoms with Crippen LogP contribution in [0.1, 0.15) is 32.6 Å². The Morgan fingerprint density at radius 1 is 1.10 bits per heavy atom. The summed E-state index contributed by atoms with van der Waals surface area (Å²) in [6, 6.07) is 12.6. The maximum atomic E-state index is 14.2. The summed E-state index contributed by atoms with van der Waals surface area (Å²) in [6.45, 7) is 2.47. The van der Waals surface area contributed by atoms with Crippen LogP contribution in [0, 0.1) is 12.7 Å². The number of rotatable bonds is 4. The van der Waals surface area contributed by atoms with Gasteiger partial charge in [-0.25, -0.2) is 19.0 Å². The van der Waals surface area contributed by atoms with E-state index in [-0.39, 0.29) is 11.7 Å². The fourth-order valence-electron chi connectivity index (χ4n) is 3.95. The lowest BCUT2D eigenvalue weighted by Crippen LogP contribution is -2.39. The molecule has 0 bridgehead atoms. The van der Waals surface area contributed by atoms with Gasteiger partial charge in [0.25, 0.3) is 5.91 Å². The summed E-state index contributed by atoms with van der Waals surface area (Å²) in [6.07, 6.45) is 8.20. The summed E-state index contributed by atoms with van der Waals surface area (Å²) in [7, 11) is 0. The summed E-state index contributed by atoms with van der Waals surface area (Å²) in [5.41, 5.74) is 4.81. The van der Waals surface area contributed by atoms with E-state index in [2.05, 4.69) is 28.1 Å². The second kappa shape index (κ2) is 7.75. The van der Waals surface area contributed by atoms with Crippen LogP contribution in [-0.4, -0.2) is 32.2 Å². The molecule has 1 aromatic carbocycles. The third kappa shape index (κ3) is 3.59. The first-order valence-corrected chi connectivity index (χ1v) is 10.1. The van der Waals surface area contributed by atoms with Crippen LogP contribution in [0.3, 0.4) is 0 Å². The van der Waals surface area contributed by atoms with Gasteiger partial charge in [0.1, 0.15) is 0 Å². The number of benzene rings is 1. The number of hydrogen-bond donors (Lipinski definition) is 0. The number of carbonyl (C=O) groups excluding carboxylic acids is 1. The maximum Gasteiger partial charge on any atom is 0.259 e. The van der Waals surface area contributed by atoms with Gasteiger partial charge in [-0.3, -0.25) is 9.69 Å². The predicted octanol–water partition coefficient (Wildman–Crippen LogP) is 3.90. The molecule has 0 fully saturated rings. The molecular formula is C24H20FN5O. The van der Waals surface area contributed by atoms with Crippen molar-refractivity contribution < 1.29 is 9.18 Å². The van der Waals surface area contributed by atoms with Gasteiger partial charge in [-0.2, -0.15) is 5.10 Å². The number of pyridine rings is 2. The number of hydrogen-bond acceptors (Lipinski definition) is 4. The Morgan fingerprint density at radius 3 is 2.74 bits per heavy atom. The van der Waals surface area contributed by atoms with Crippen molar-refractivity contribution in [3.05, 3.63) is 101 Å². The second-order valence-corrected chi connectivity index (χ2v) is 7.60. The average molecular weight is 413 g/mol. The Bertz CT molecular complexity index is 1250. The van der Waals surface area contributed by atoms with Crippen LogP contribution in [-0.2, 0) is 12.8 Å². The van der Waals surface area contributed by atoms with Gasteiger partial charge in [0.05, 0.1) is 0 Å². The van der Waals surface area contributed by atoms with Crippen molar-refractivity contribution in [3.63, 3.8) is 0 Å². The molecule has 7 heteroatoms. The third-order valence-electron chi connectivity index (χ3n) is 5.58. The first-order valence-electron chi connectivity index (χ1n) is 10.1. The summed E-state index contributed by atoms with van der Waals surface area (Å²) < 4.78 is 15.9. The minimum absolute atomic E-state index is 0.0821. The fourth-order valence-corrected chi connectivity index (χ4v) is 3.95. The van der Waals surface area contributed by atoms with Crippen LogP contribution in [0.5, 0.6) is 0 Å². The topological polar surface area (TPSA) is 63.9 Å². The van der Waals surface area contributed by atoms with E-state index in [0.29, 0.717) is 24.9 Å². The van der Waals surface area contributed by atoms with E-state index in [0.717, 1.165) is 28.1 Å². The number of carbonyl (C=O) groups is 1. The van der Waals surface area contributed by atoms with Gasteiger partial charge in [-0.15, -0.1) is 0 Å². The number of amides is 1. The van der Waals surface area contributed by atoms with E-state index < -0.39 is 5.82 Å². The van der Waals surface area contributed by atoms with Gasteiger partial charge in [-0.05, 0) is 72.4 Å². The normalized spacial score (nSPS) is 13.4. The van der Waals surface area contributed by atoms with Crippen molar-refractivity contribution in [2.45, 2.75) is 19.8 Å². The molecule has 0 N–H and O–H groups in total. The highest BCUT2D eigenvalue weighted by atomic mass is 19.1. The smallest absolute Gasteiger partial charge is 0.259 e. The van der Waals surface area contributed by atoms with Gasteiger partial charge in [0.15, 0.2) is 17.5 Å². The zero-order valence-corrected chi connectivity index (χ0v) is 17.0. The standard InChI is InChI=1S/C24H20FN5O/c1-16-12-18-7-11-29(23-21(25)4-2-8-26-23)24(31)20(18)14-19(16)13-17-5-6-22(27-15-17)30-10-3-9-28-30/h2-6,8-10,12,14-15H,7,11,13H2,1H3. The second-order valence-electron chi connectivity index (χ2n) is 7.60. The van der Waals surface area contributed by atoms with Crippen molar-refractivity contribution in [3.8, 4) is 5.82 Å². The van der Waals surface area contributed by atoms with Crippen molar-refractivity contribution in [1.29, 1.82) is 0 Å². The Labute approximate surface area is 179 Å². The number of aromatic nitrogens is 4. The minimum atomic E-state index is -0.491. The molecule has 0 radical (unpaired) electrons. The largest absolute Gasteiger partial charge is 0.290 e. The molecule has 0 spiro atoms. The summed E-state index contributed by atoms with van der Waals surface area (Å²) >= 11 is 0. The first-order chi connectivity index (χ1) is 15.1. The molecule has 4 heterocycles. The zero-order chi connectivity index (χ0) is 21.4. The molecule has 5 rings (SSSR count). The van der Waals surface area contributed by atoms with Gasteiger partial charge in [0.2, 0.25) is 0 Å². The van der Waals surface area contributed by atoms with Crippen LogP contribution in [0.4, 0.5) is 10.2 Å². The fraction of sp³-hybridized carbons (Fsp3) is 0.167. The monoisotopic (exact) mass is 413 g/mol. The van der Waals surface area contributed by atoms with E-state index >= 15 is 0 Å². The molecule has 0 saturated heterocycles. The Hall–Kier alpha value is -3.87. The molecule has 31 heavy (non-hydrogen) atoms. The number of anilines is 1.